The van der Waals surface area contributed by atoms with E-state index in [9.17, 15) is 9.59 Å². The molecular formula is C19H28N4O4. The normalized spacial score (nSPS) is 15.3. The van der Waals surface area contributed by atoms with Gasteiger partial charge in [-0.15, -0.1) is 0 Å². The molecule has 148 valence electrons. The molecule has 1 saturated heterocycles. The number of morpholine rings is 1. The molecule has 8 nitrogen and oxygen atoms in total. The first-order valence-corrected chi connectivity index (χ1v) is 9.16. The average molecular weight is 376 g/mol. The van der Waals surface area contributed by atoms with Crippen LogP contribution in [0.2, 0.25) is 0 Å². The van der Waals surface area contributed by atoms with Gasteiger partial charge in [-0.1, -0.05) is 0 Å². The van der Waals surface area contributed by atoms with Crippen LogP contribution in [0.5, 0.6) is 0 Å². The molecule has 2 rings (SSSR count). The highest BCUT2D eigenvalue weighted by molar-refractivity contribution is 5.85. The number of pyridine rings is 1. The van der Waals surface area contributed by atoms with E-state index in [0.29, 0.717) is 18.7 Å². The standard InChI is InChI=1S/C19H28N4O4/c1-20-19-17(13-16(14-21-19)3-4-18(25)26)15-23(7-10-24)6-2-5-22-8-11-27-12-9-22/h3-4,10,13-14H,2,5-9,11-12,15H2,1H3,(H,20,21)(H,25,26)/b4-3+. The Morgan fingerprint density at radius 3 is 2.89 bits per heavy atom. The van der Waals surface area contributed by atoms with E-state index in [2.05, 4.69) is 20.1 Å². The Morgan fingerprint density at radius 1 is 1.44 bits per heavy atom. The fourth-order valence-corrected chi connectivity index (χ4v) is 3.06. The maximum absolute atomic E-state index is 11.1. The topological polar surface area (TPSA) is 95.0 Å². The molecule has 2 N–H and O–H groups in total. The predicted molar refractivity (Wildman–Crippen MR) is 104 cm³/mol. The highest BCUT2D eigenvalue weighted by Gasteiger charge is 2.13. The van der Waals surface area contributed by atoms with Crippen molar-refractivity contribution in [3.63, 3.8) is 0 Å². The second-order valence-corrected chi connectivity index (χ2v) is 6.41. The monoisotopic (exact) mass is 376 g/mol. The number of nitrogens with one attached hydrogen (secondary N) is 1. The summed E-state index contributed by atoms with van der Waals surface area (Å²) in [7, 11) is 1.79. The van der Waals surface area contributed by atoms with Crippen molar-refractivity contribution in [3.8, 4) is 0 Å². The first kappa shape index (κ1) is 21.0. The second kappa shape index (κ2) is 11.4. The molecule has 8 heteroatoms. The maximum atomic E-state index is 11.1. The van der Waals surface area contributed by atoms with Gasteiger partial charge in [-0.3, -0.25) is 9.80 Å². The Hall–Kier alpha value is -2.29. The molecule has 0 bridgehead atoms. The number of carboxylic acids is 1. The molecule has 0 aromatic carbocycles. The summed E-state index contributed by atoms with van der Waals surface area (Å²) < 4.78 is 5.36. The quantitative estimate of drug-likeness (QED) is 0.435. The minimum atomic E-state index is -1.00. The van der Waals surface area contributed by atoms with Crippen molar-refractivity contribution in [2.75, 3.05) is 58.3 Å². The van der Waals surface area contributed by atoms with Gasteiger partial charge in [0.1, 0.15) is 12.1 Å². The van der Waals surface area contributed by atoms with Gasteiger partial charge in [0.15, 0.2) is 0 Å². The van der Waals surface area contributed by atoms with Crippen molar-refractivity contribution in [2.45, 2.75) is 13.0 Å². The van der Waals surface area contributed by atoms with Crippen molar-refractivity contribution >= 4 is 24.1 Å². The minimum Gasteiger partial charge on any atom is -0.478 e. The Kier molecular flexibility index (Phi) is 8.90. The summed E-state index contributed by atoms with van der Waals surface area (Å²) in [5.74, 6) is -0.272. The third kappa shape index (κ3) is 7.46. The molecule has 0 unspecified atom stereocenters. The Bertz CT molecular complexity index is 645. The van der Waals surface area contributed by atoms with Gasteiger partial charge < -0.3 is 20.0 Å². The summed E-state index contributed by atoms with van der Waals surface area (Å²) in [6.07, 6.45) is 6.10. The predicted octanol–water partition coefficient (Wildman–Crippen LogP) is 0.944. The number of aldehydes is 1. The number of nitrogens with zero attached hydrogens (tertiary/aromatic N) is 3. The summed E-state index contributed by atoms with van der Waals surface area (Å²) in [6, 6.07) is 1.90. The van der Waals surface area contributed by atoms with Crippen LogP contribution in [0.25, 0.3) is 6.08 Å². The highest BCUT2D eigenvalue weighted by Crippen LogP contribution is 2.17. The number of rotatable bonds is 11. The lowest BCUT2D eigenvalue weighted by Gasteiger charge is -2.28. The van der Waals surface area contributed by atoms with Gasteiger partial charge >= 0.3 is 5.97 Å². The number of aromatic nitrogens is 1. The maximum Gasteiger partial charge on any atom is 0.328 e. The van der Waals surface area contributed by atoms with E-state index < -0.39 is 5.97 Å². The van der Waals surface area contributed by atoms with Crippen LogP contribution in [0.3, 0.4) is 0 Å². The zero-order valence-corrected chi connectivity index (χ0v) is 15.8. The first-order chi connectivity index (χ1) is 13.1. The molecule has 0 saturated carbocycles. The third-order valence-electron chi connectivity index (χ3n) is 4.42. The van der Waals surface area contributed by atoms with E-state index in [-0.39, 0.29) is 0 Å². The molecule has 0 atom stereocenters. The lowest BCUT2D eigenvalue weighted by molar-refractivity contribution is -0.131. The summed E-state index contributed by atoms with van der Waals surface area (Å²) in [6.45, 7) is 6.18. The average Bonchev–Trinajstić information content (AvgIpc) is 2.67. The fourth-order valence-electron chi connectivity index (χ4n) is 3.06. The second-order valence-electron chi connectivity index (χ2n) is 6.41. The number of hydrogen-bond acceptors (Lipinski definition) is 7. The van der Waals surface area contributed by atoms with Gasteiger partial charge in [-0.2, -0.15) is 0 Å². The van der Waals surface area contributed by atoms with E-state index in [0.717, 1.165) is 69.6 Å². The molecule has 1 aliphatic rings. The summed E-state index contributed by atoms with van der Waals surface area (Å²) in [4.78, 5) is 30.6. The molecular weight excluding hydrogens is 348 g/mol. The van der Waals surface area contributed by atoms with Crippen LogP contribution < -0.4 is 5.32 Å². The van der Waals surface area contributed by atoms with Crippen molar-refractivity contribution in [2.24, 2.45) is 0 Å². The van der Waals surface area contributed by atoms with Crippen molar-refractivity contribution in [1.82, 2.24) is 14.8 Å². The molecule has 1 fully saturated rings. The number of hydrogen-bond donors (Lipinski definition) is 2. The van der Waals surface area contributed by atoms with Crippen molar-refractivity contribution in [3.05, 3.63) is 29.5 Å². The van der Waals surface area contributed by atoms with Crippen LogP contribution >= 0.6 is 0 Å². The SMILES string of the molecule is CNc1ncc(/C=C/C(=O)O)cc1CN(CC=O)CCCN1CCOCC1. The van der Waals surface area contributed by atoms with E-state index in [1.807, 2.05) is 6.07 Å². The molecule has 0 aliphatic carbocycles. The lowest BCUT2D eigenvalue weighted by Crippen LogP contribution is -2.38. The van der Waals surface area contributed by atoms with Gasteiger partial charge in [0.05, 0.1) is 19.8 Å². The molecule has 1 aromatic heterocycles. The molecule has 0 spiro atoms. The zero-order chi connectivity index (χ0) is 19.5. The smallest absolute Gasteiger partial charge is 0.328 e. The van der Waals surface area contributed by atoms with Gasteiger partial charge in [-0.25, -0.2) is 9.78 Å². The van der Waals surface area contributed by atoms with E-state index in [1.165, 1.54) is 6.08 Å². The number of ether oxygens (including phenoxy) is 1. The molecule has 0 amide bonds. The van der Waals surface area contributed by atoms with Crippen molar-refractivity contribution < 1.29 is 19.4 Å². The van der Waals surface area contributed by atoms with Crippen LogP contribution in [-0.2, 0) is 20.9 Å². The summed E-state index contributed by atoms with van der Waals surface area (Å²) in [5.41, 5.74) is 1.64. The Balaban J connectivity index is 1.99. The highest BCUT2D eigenvalue weighted by atomic mass is 16.5. The zero-order valence-electron chi connectivity index (χ0n) is 15.8. The Labute approximate surface area is 159 Å². The number of anilines is 1. The Morgan fingerprint density at radius 2 is 2.22 bits per heavy atom. The van der Waals surface area contributed by atoms with E-state index in [1.54, 1.807) is 13.2 Å². The van der Waals surface area contributed by atoms with Crippen LogP contribution in [-0.4, -0.2) is 85.1 Å². The molecule has 2 heterocycles. The van der Waals surface area contributed by atoms with Gasteiger partial charge in [0.2, 0.25) is 0 Å². The van der Waals surface area contributed by atoms with Crippen LogP contribution in [0.1, 0.15) is 17.5 Å². The van der Waals surface area contributed by atoms with Gasteiger partial charge in [0.25, 0.3) is 0 Å². The van der Waals surface area contributed by atoms with Gasteiger partial charge in [-0.05, 0) is 30.7 Å². The third-order valence-corrected chi connectivity index (χ3v) is 4.42. The largest absolute Gasteiger partial charge is 0.478 e. The summed E-state index contributed by atoms with van der Waals surface area (Å²) >= 11 is 0. The number of carboxylic acid groups (broad SMARTS) is 1. The number of carbonyl (C=O) groups excluding carboxylic acids is 1. The van der Waals surface area contributed by atoms with Crippen molar-refractivity contribution in [1.29, 1.82) is 0 Å². The molecule has 1 aliphatic heterocycles. The van der Waals surface area contributed by atoms with Crippen LogP contribution in [0.4, 0.5) is 5.82 Å². The molecule has 0 radical (unpaired) electrons. The van der Waals surface area contributed by atoms with E-state index >= 15 is 0 Å². The minimum absolute atomic E-state index is 0.349. The van der Waals surface area contributed by atoms with Crippen LogP contribution in [0, 0.1) is 0 Å². The summed E-state index contributed by atoms with van der Waals surface area (Å²) in [5, 5.41) is 11.8. The van der Waals surface area contributed by atoms with E-state index in [4.69, 9.17) is 9.84 Å². The molecule has 27 heavy (non-hydrogen) atoms. The van der Waals surface area contributed by atoms with Gasteiger partial charge in [0, 0.05) is 51.1 Å². The number of carbonyl (C=O) groups is 2. The lowest BCUT2D eigenvalue weighted by atomic mass is 10.1. The number of aliphatic carboxylic acids is 1. The van der Waals surface area contributed by atoms with Crippen LogP contribution in [0.15, 0.2) is 18.3 Å². The molecule has 1 aromatic rings. The fraction of sp³-hybridized carbons (Fsp3) is 0.526. The first-order valence-electron chi connectivity index (χ1n) is 9.16.